The van der Waals surface area contributed by atoms with Gasteiger partial charge in [0, 0.05) is 32.2 Å². The number of hydrogen-bond acceptors (Lipinski definition) is 7. The standard InChI is InChI=1S/C32H55N7O7S/c1-30(2,3)20(16-34-47(45,46)38-14-10-9-11-15-38)35-29(44)37-25(31(4,5)6)28(43)39-17-19-21(32(19,7)8)23(39)27(42)36-22(18-12-13-18)24(40)26(33)41/h18-23,25,34H,9-17H2,1-8H3,(H2,33,41)(H,36,42)(H2,35,37,44)/t19-,20+,21-,22?,23-,25+/m0/s1. The average Bonchev–Trinajstić information content (AvgIpc) is 3.84. The van der Waals surface area contributed by atoms with E-state index in [1.54, 1.807) is 0 Å². The highest BCUT2D eigenvalue weighted by Gasteiger charge is 2.70. The van der Waals surface area contributed by atoms with Crippen LogP contribution in [0, 0.1) is 34.0 Å². The summed E-state index contributed by atoms with van der Waals surface area (Å²) in [6, 6.07) is -4.19. The van der Waals surface area contributed by atoms with Crippen molar-refractivity contribution >= 4 is 39.7 Å². The summed E-state index contributed by atoms with van der Waals surface area (Å²) in [6.45, 7) is 16.4. The summed E-state index contributed by atoms with van der Waals surface area (Å²) in [6.07, 6.45) is 3.98. The normalized spacial score (nSPS) is 26.4. The van der Waals surface area contributed by atoms with Gasteiger partial charge in [0.1, 0.15) is 18.1 Å². The molecule has 2 saturated carbocycles. The number of piperidine rings is 2. The van der Waals surface area contributed by atoms with E-state index in [0.717, 1.165) is 19.3 Å². The Balaban J connectivity index is 1.48. The Kier molecular flexibility index (Phi) is 10.5. The van der Waals surface area contributed by atoms with Crippen molar-refractivity contribution in [2.45, 2.75) is 112 Å². The summed E-state index contributed by atoms with van der Waals surface area (Å²) in [5, 5.41) is 8.47. The minimum atomic E-state index is -3.72. The maximum absolute atomic E-state index is 14.3. The summed E-state index contributed by atoms with van der Waals surface area (Å²) >= 11 is 0. The predicted octanol–water partition coefficient (Wildman–Crippen LogP) is 0.868. The summed E-state index contributed by atoms with van der Waals surface area (Å²) in [5.41, 5.74) is 3.77. The zero-order valence-electron chi connectivity index (χ0n) is 29.1. The van der Waals surface area contributed by atoms with E-state index < -0.39 is 74.7 Å². The number of Topliss-reactive ketones (excluding diaryl/α,β-unsaturated/α-hetero) is 1. The highest BCUT2D eigenvalue weighted by Crippen LogP contribution is 2.65. The molecule has 1 unspecified atom stereocenters. The van der Waals surface area contributed by atoms with E-state index in [4.69, 9.17) is 5.73 Å². The van der Waals surface area contributed by atoms with E-state index in [-0.39, 0.29) is 29.7 Å². The smallest absolute Gasteiger partial charge is 0.315 e. The fraction of sp³-hybridized carbons (Fsp3) is 0.844. The lowest BCUT2D eigenvalue weighted by atomic mass is 9.85. The molecule has 266 valence electrons. The lowest BCUT2D eigenvalue weighted by Crippen LogP contribution is -2.63. The lowest BCUT2D eigenvalue weighted by molar-refractivity contribution is -0.145. The number of rotatable bonds is 12. The number of fused-ring (bicyclic) bond motifs is 1. The van der Waals surface area contributed by atoms with Crippen molar-refractivity contribution in [2.75, 3.05) is 26.2 Å². The second-order valence-electron chi connectivity index (χ2n) is 16.6. The molecule has 2 heterocycles. The topological polar surface area (TPSA) is 200 Å². The Morgan fingerprint density at radius 2 is 1.49 bits per heavy atom. The van der Waals surface area contributed by atoms with Crippen LogP contribution in [0.3, 0.4) is 0 Å². The van der Waals surface area contributed by atoms with Crippen LogP contribution >= 0.6 is 0 Å². The van der Waals surface area contributed by atoms with Crippen LogP contribution in [0.1, 0.15) is 87.5 Å². The number of nitrogens with one attached hydrogen (secondary N) is 4. The van der Waals surface area contributed by atoms with Crippen LogP contribution in [0.15, 0.2) is 0 Å². The highest BCUT2D eigenvalue weighted by atomic mass is 32.2. The van der Waals surface area contributed by atoms with Gasteiger partial charge < -0.3 is 26.6 Å². The van der Waals surface area contributed by atoms with Gasteiger partial charge in [-0.1, -0.05) is 61.8 Å². The molecule has 4 rings (SSSR count). The number of nitrogens with zero attached hydrogens (tertiary/aromatic N) is 2. The number of ketones is 1. The fourth-order valence-electron chi connectivity index (χ4n) is 7.14. The minimum absolute atomic E-state index is 0.0388. The Morgan fingerprint density at radius 1 is 0.894 bits per heavy atom. The molecular formula is C32H55N7O7S. The second-order valence-corrected chi connectivity index (χ2v) is 18.3. The van der Waals surface area contributed by atoms with Crippen LogP contribution in [0.2, 0.25) is 0 Å². The molecule has 0 aromatic heterocycles. The van der Waals surface area contributed by atoms with E-state index in [0.29, 0.717) is 32.5 Å². The van der Waals surface area contributed by atoms with Crippen molar-refractivity contribution in [1.82, 2.24) is 29.9 Å². The van der Waals surface area contributed by atoms with Gasteiger partial charge in [-0.25, -0.2) is 9.52 Å². The first kappa shape index (κ1) is 37.0. The van der Waals surface area contributed by atoms with Crippen LogP contribution < -0.4 is 26.4 Å². The Labute approximate surface area is 279 Å². The van der Waals surface area contributed by atoms with Gasteiger partial charge in [0.25, 0.3) is 16.1 Å². The number of nitrogens with two attached hydrogens (primary N) is 1. The van der Waals surface area contributed by atoms with Gasteiger partial charge in [-0.3, -0.25) is 19.2 Å². The van der Waals surface area contributed by atoms with Gasteiger partial charge in [-0.05, 0) is 59.7 Å². The van der Waals surface area contributed by atoms with Crippen molar-refractivity contribution in [3.8, 4) is 0 Å². The van der Waals surface area contributed by atoms with Gasteiger partial charge in [-0.15, -0.1) is 0 Å². The molecule has 0 spiro atoms. The summed E-state index contributed by atoms with van der Waals surface area (Å²) < 4.78 is 30.0. The quantitative estimate of drug-likeness (QED) is 0.188. The van der Waals surface area contributed by atoms with E-state index >= 15 is 0 Å². The maximum atomic E-state index is 14.3. The molecule has 6 N–H and O–H groups in total. The van der Waals surface area contributed by atoms with E-state index in [1.165, 1.54) is 9.21 Å². The number of hydrogen-bond donors (Lipinski definition) is 5. The molecule has 2 aliphatic carbocycles. The van der Waals surface area contributed by atoms with Gasteiger partial charge in [0.05, 0.1) is 0 Å². The number of carbonyl (C=O) groups excluding carboxylic acids is 5. The molecule has 14 nitrogen and oxygen atoms in total. The molecule has 0 radical (unpaired) electrons. The molecule has 4 fully saturated rings. The molecule has 0 aromatic rings. The molecule has 5 amide bonds. The van der Waals surface area contributed by atoms with Crippen molar-refractivity contribution < 1.29 is 32.4 Å². The van der Waals surface area contributed by atoms with Crippen molar-refractivity contribution in [3.63, 3.8) is 0 Å². The number of urea groups is 1. The minimum Gasteiger partial charge on any atom is -0.363 e. The van der Waals surface area contributed by atoms with E-state index in [1.807, 2.05) is 55.4 Å². The molecule has 0 bridgehead atoms. The number of amides is 5. The molecule has 15 heteroatoms. The Morgan fingerprint density at radius 3 is 2.00 bits per heavy atom. The monoisotopic (exact) mass is 681 g/mol. The molecule has 47 heavy (non-hydrogen) atoms. The van der Waals surface area contributed by atoms with Gasteiger partial charge in [0.2, 0.25) is 17.6 Å². The van der Waals surface area contributed by atoms with Crippen molar-refractivity contribution in [1.29, 1.82) is 0 Å². The van der Waals surface area contributed by atoms with Crippen LogP contribution in [-0.4, -0.2) is 97.5 Å². The average molecular weight is 682 g/mol. The lowest BCUT2D eigenvalue weighted by Gasteiger charge is -2.39. The van der Waals surface area contributed by atoms with Crippen molar-refractivity contribution in [3.05, 3.63) is 0 Å². The predicted molar refractivity (Wildman–Crippen MR) is 176 cm³/mol. The van der Waals surface area contributed by atoms with Gasteiger partial charge in [-0.2, -0.15) is 12.7 Å². The Hall–Kier alpha value is -2.78. The van der Waals surface area contributed by atoms with Crippen LogP contribution in [0.25, 0.3) is 0 Å². The fourth-order valence-corrected chi connectivity index (χ4v) is 8.44. The molecule has 4 aliphatic rings. The van der Waals surface area contributed by atoms with Gasteiger partial charge >= 0.3 is 6.03 Å². The summed E-state index contributed by atoms with van der Waals surface area (Å²) in [5.74, 6) is -3.15. The van der Waals surface area contributed by atoms with Crippen LogP contribution in [-0.2, 0) is 29.4 Å². The molecule has 2 saturated heterocycles. The number of likely N-dealkylation sites (tertiary alicyclic amines) is 1. The zero-order valence-corrected chi connectivity index (χ0v) is 30.0. The largest absolute Gasteiger partial charge is 0.363 e. The summed E-state index contributed by atoms with van der Waals surface area (Å²) in [7, 11) is -3.72. The number of carbonyl (C=O) groups is 5. The summed E-state index contributed by atoms with van der Waals surface area (Å²) in [4.78, 5) is 67.3. The third kappa shape index (κ3) is 8.27. The first-order valence-electron chi connectivity index (χ1n) is 16.8. The van der Waals surface area contributed by atoms with E-state index in [2.05, 4.69) is 20.7 Å². The second kappa shape index (κ2) is 13.3. The first-order valence-corrected chi connectivity index (χ1v) is 18.3. The van der Waals surface area contributed by atoms with Gasteiger partial charge in [0.15, 0.2) is 0 Å². The first-order chi connectivity index (χ1) is 21.6. The SMILES string of the molecule is CC(C)(C)[C@H](NC(=O)N[C@H](CNS(=O)(=O)N1CCCCC1)C(C)(C)C)C(=O)N1C[C@H]2[C@@H]([C@H]1C(=O)NC(C(=O)C(N)=O)C1CC1)C2(C)C. The maximum Gasteiger partial charge on any atom is 0.315 e. The van der Waals surface area contributed by atoms with E-state index in [9.17, 15) is 32.4 Å². The molecule has 6 atom stereocenters. The Bertz CT molecular complexity index is 1360. The van der Waals surface area contributed by atoms with Crippen molar-refractivity contribution in [2.24, 2.45) is 39.7 Å². The third-order valence-electron chi connectivity index (χ3n) is 10.5. The molecule has 0 aromatic carbocycles. The third-order valence-corrected chi connectivity index (χ3v) is 12.1. The number of primary amides is 1. The molecule has 2 aliphatic heterocycles. The van der Waals surface area contributed by atoms with Crippen LogP contribution in [0.5, 0.6) is 0 Å². The molecular weight excluding hydrogens is 626 g/mol. The zero-order chi connectivity index (χ0) is 35.3. The highest BCUT2D eigenvalue weighted by molar-refractivity contribution is 7.87. The van der Waals surface area contributed by atoms with Crippen LogP contribution in [0.4, 0.5) is 4.79 Å².